The molecule has 3 N–H and O–H groups in total. The Kier molecular flexibility index (Phi) is 4.99. The van der Waals surface area contributed by atoms with Crippen molar-refractivity contribution in [2.24, 2.45) is 34.5 Å². The maximum absolute atomic E-state index is 13.0. The Balaban J connectivity index is 1.67. The Labute approximate surface area is 196 Å². The smallest absolute Gasteiger partial charge is 0.0832 e. The summed E-state index contributed by atoms with van der Waals surface area (Å²) in [5.74, 6) is -1.12. The highest BCUT2D eigenvalue weighted by atomic mass is 16.5. The van der Waals surface area contributed by atoms with Crippen molar-refractivity contribution < 1.29 is 34.3 Å². The van der Waals surface area contributed by atoms with Crippen LogP contribution < -0.4 is 0 Å². The molecule has 13 atom stereocenters. The van der Waals surface area contributed by atoms with E-state index in [1.807, 2.05) is 0 Å². The number of rotatable bonds is 6. The Morgan fingerprint density at radius 1 is 1.00 bits per heavy atom. The molecule has 8 nitrogen and oxygen atoms in total. The van der Waals surface area contributed by atoms with Crippen molar-refractivity contribution in [3.8, 4) is 0 Å². The molecule has 188 valence electrons. The van der Waals surface area contributed by atoms with Gasteiger partial charge in [0.05, 0.1) is 42.2 Å². The standard InChI is InChI=1S/C25H41NO7/c1-6-26-11-22(12-30-2)8-7-15(32-4)25-20(22)18(33-5)16(21(25)26)23(28)10-14(31-3)13-9-24(25,29)19(23)17(13)27/h13-21,27-29H,6-12H2,1-5H3/t13-,14+,15+,16+,17+,18+,19-,20-,21?,22+,23+,24+,25-/m1/s1. The molecule has 8 heteroatoms. The zero-order valence-corrected chi connectivity index (χ0v) is 20.6. The number of methoxy groups -OCH3 is 4. The molecule has 0 radical (unpaired) electrons. The van der Waals surface area contributed by atoms with E-state index >= 15 is 0 Å². The van der Waals surface area contributed by atoms with Crippen molar-refractivity contribution in [3.63, 3.8) is 0 Å². The first-order valence-electron chi connectivity index (χ1n) is 12.7. The zero-order chi connectivity index (χ0) is 23.6. The van der Waals surface area contributed by atoms with Crippen LogP contribution in [0.15, 0.2) is 0 Å². The fourth-order valence-corrected chi connectivity index (χ4v) is 11.0. The van der Waals surface area contributed by atoms with Crippen LogP contribution in [0.3, 0.4) is 0 Å². The SMILES string of the molecule is CCN1C[C@]2(COC)CC[C@H](OC)[C@]34C1[C@H]([C@H](OC)[C@H]23)[C@@]1(O)C[C@H](OC)[C@H]2C[C@]4(O)[C@@H]1[C@H]2O. The largest absolute Gasteiger partial charge is 0.392 e. The van der Waals surface area contributed by atoms with E-state index in [0.717, 1.165) is 25.9 Å². The molecule has 6 fully saturated rings. The lowest BCUT2D eigenvalue weighted by molar-refractivity contribution is -0.328. The van der Waals surface area contributed by atoms with Gasteiger partial charge >= 0.3 is 0 Å². The van der Waals surface area contributed by atoms with Crippen LogP contribution in [0, 0.1) is 34.5 Å². The summed E-state index contributed by atoms with van der Waals surface area (Å²) in [6, 6.07) is -0.0968. The van der Waals surface area contributed by atoms with Gasteiger partial charge in [0.25, 0.3) is 0 Å². The highest BCUT2D eigenvalue weighted by molar-refractivity contribution is 5.40. The van der Waals surface area contributed by atoms with Crippen LogP contribution >= 0.6 is 0 Å². The molecule has 1 heterocycles. The monoisotopic (exact) mass is 467 g/mol. The minimum absolute atomic E-state index is 0.0296. The molecule has 1 saturated heterocycles. The third kappa shape index (κ3) is 2.24. The van der Waals surface area contributed by atoms with Gasteiger partial charge in [-0.25, -0.2) is 0 Å². The lowest BCUT2D eigenvalue weighted by Crippen LogP contribution is -2.82. The Bertz CT molecular complexity index is 814. The second kappa shape index (κ2) is 7.13. The fourth-order valence-electron chi connectivity index (χ4n) is 11.0. The molecular formula is C25H41NO7. The molecule has 1 unspecified atom stereocenters. The average Bonchev–Trinajstić information content (AvgIpc) is 3.17. The van der Waals surface area contributed by atoms with Gasteiger partial charge in [-0.3, -0.25) is 4.90 Å². The van der Waals surface area contributed by atoms with Gasteiger partial charge in [-0.1, -0.05) is 6.92 Å². The molecule has 6 rings (SSSR count). The summed E-state index contributed by atoms with van der Waals surface area (Å²) in [6.45, 7) is 4.41. The summed E-state index contributed by atoms with van der Waals surface area (Å²) in [5, 5.41) is 37.1. The van der Waals surface area contributed by atoms with Crippen molar-refractivity contribution in [1.29, 1.82) is 0 Å². The minimum Gasteiger partial charge on any atom is -0.392 e. The molecule has 0 aromatic rings. The zero-order valence-electron chi connectivity index (χ0n) is 20.6. The maximum atomic E-state index is 13.0. The number of aliphatic hydroxyl groups is 3. The van der Waals surface area contributed by atoms with Gasteiger partial charge in [0.15, 0.2) is 0 Å². The molecule has 7 bridgehead atoms. The van der Waals surface area contributed by atoms with Crippen LogP contribution in [0.2, 0.25) is 0 Å². The fraction of sp³-hybridized carbons (Fsp3) is 1.00. The number of ether oxygens (including phenoxy) is 4. The summed E-state index contributed by atoms with van der Waals surface area (Å²) in [5.41, 5.74) is -3.44. The second-order valence-corrected chi connectivity index (χ2v) is 11.9. The number of piperidine rings is 1. The summed E-state index contributed by atoms with van der Waals surface area (Å²) in [7, 11) is 6.90. The quantitative estimate of drug-likeness (QED) is 0.512. The Morgan fingerprint density at radius 3 is 2.36 bits per heavy atom. The lowest BCUT2D eigenvalue weighted by atomic mass is 9.41. The summed E-state index contributed by atoms with van der Waals surface area (Å²) in [4.78, 5) is 2.47. The number of aliphatic hydroxyl groups excluding tert-OH is 1. The van der Waals surface area contributed by atoms with Crippen molar-refractivity contribution in [2.75, 3.05) is 48.1 Å². The molecule has 5 saturated carbocycles. The first-order valence-corrected chi connectivity index (χ1v) is 12.7. The molecule has 0 aromatic heterocycles. The van der Waals surface area contributed by atoms with Gasteiger partial charge in [0.2, 0.25) is 0 Å². The Morgan fingerprint density at radius 2 is 1.76 bits per heavy atom. The first kappa shape index (κ1) is 23.1. The van der Waals surface area contributed by atoms with Gasteiger partial charge in [0, 0.05) is 81.9 Å². The van der Waals surface area contributed by atoms with Crippen LogP contribution in [0.4, 0.5) is 0 Å². The summed E-state index contributed by atoms with van der Waals surface area (Å²) < 4.78 is 24.3. The van der Waals surface area contributed by atoms with Crippen LogP contribution in [0.25, 0.3) is 0 Å². The number of hydrogen-bond donors (Lipinski definition) is 3. The van der Waals surface area contributed by atoms with E-state index in [1.54, 1.807) is 28.4 Å². The average molecular weight is 468 g/mol. The highest BCUT2D eigenvalue weighted by Crippen LogP contribution is 2.80. The van der Waals surface area contributed by atoms with E-state index in [9.17, 15) is 15.3 Å². The third-order valence-electron chi connectivity index (χ3n) is 11.4. The predicted octanol–water partition coefficient (Wildman–Crippen LogP) is 0.271. The second-order valence-electron chi connectivity index (χ2n) is 11.9. The molecule has 1 spiro atoms. The predicted molar refractivity (Wildman–Crippen MR) is 119 cm³/mol. The number of fused-ring (bicyclic) bond motifs is 2. The van der Waals surface area contributed by atoms with Crippen molar-refractivity contribution in [2.45, 2.75) is 74.3 Å². The number of likely N-dealkylation sites (tertiary alicyclic amines) is 1. The normalized spacial score (nSPS) is 60.9. The van der Waals surface area contributed by atoms with Gasteiger partial charge in [-0.2, -0.15) is 0 Å². The third-order valence-corrected chi connectivity index (χ3v) is 11.4. The van der Waals surface area contributed by atoms with Crippen LogP contribution in [-0.2, 0) is 18.9 Å². The van der Waals surface area contributed by atoms with E-state index < -0.39 is 28.6 Å². The number of nitrogens with zero attached hydrogens (tertiary/aromatic N) is 1. The summed E-state index contributed by atoms with van der Waals surface area (Å²) >= 11 is 0. The molecule has 33 heavy (non-hydrogen) atoms. The van der Waals surface area contributed by atoms with Gasteiger partial charge < -0.3 is 34.3 Å². The van der Waals surface area contributed by atoms with Gasteiger partial charge in [0.1, 0.15) is 0 Å². The molecular weight excluding hydrogens is 426 g/mol. The molecule has 5 aliphatic carbocycles. The van der Waals surface area contributed by atoms with E-state index in [4.69, 9.17) is 18.9 Å². The molecule has 0 amide bonds. The maximum Gasteiger partial charge on any atom is 0.0832 e. The summed E-state index contributed by atoms with van der Waals surface area (Å²) in [6.07, 6.45) is 1.01. The van der Waals surface area contributed by atoms with E-state index in [1.165, 1.54) is 0 Å². The van der Waals surface area contributed by atoms with Crippen molar-refractivity contribution in [1.82, 2.24) is 4.90 Å². The molecule has 6 aliphatic rings. The first-order chi connectivity index (χ1) is 15.8. The van der Waals surface area contributed by atoms with E-state index in [2.05, 4.69) is 11.8 Å². The number of hydrogen-bond acceptors (Lipinski definition) is 8. The van der Waals surface area contributed by atoms with Gasteiger partial charge in [-0.15, -0.1) is 0 Å². The van der Waals surface area contributed by atoms with Crippen LogP contribution in [0.5, 0.6) is 0 Å². The molecule has 0 aromatic carbocycles. The van der Waals surface area contributed by atoms with Crippen LogP contribution in [0.1, 0.15) is 32.6 Å². The molecule has 1 aliphatic heterocycles. The highest BCUT2D eigenvalue weighted by Gasteiger charge is 2.90. The Hall–Kier alpha value is -0.320. The topological polar surface area (TPSA) is 101 Å². The lowest BCUT2D eigenvalue weighted by Gasteiger charge is -2.71. The van der Waals surface area contributed by atoms with Crippen molar-refractivity contribution in [3.05, 3.63) is 0 Å². The van der Waals surface area contributed by atoms with Gasteiger partial charge in [-0.05, 0) is 25.8 Å². The van der Waals surface area contributed by atoms with Crippen molar-refractivity contribution >= 4 is 0 Å². The van der Waals surface area contributed by atoms with E-state index in [-0.39, 0.29) is 47.5 Å². The van der Waals surface area contributed by atoms with Crippen LogP contribution in [-0.4, -0.2) is 110 Å². The minimum atomic E-state index is -1.29. The van der Waals surface area contributed by atoms with E-state index in [0.29, 0.717) is 19.4 Å².